The molecule has 2 heterocycles. The van der Waals surface area contributed by atoms with Gasteiger partial charge in [-0.05, 0) is 42.6 Å². The summed E-state index contributed by atoms with van der Waals surface area (Å²) in [6.45, 7) is 2.80. The number of alkyl halides is 3. The molecule has 1 unspecified atom stereocenters. The van der Waals surface area contributed by atoms with Gasteiger partial charge in [0.05, 0.1) is 5.56 Å². The van der Waals surface area contributed by atoms with E-state index >= 15 is 0 Å². The van der Waals surface area contributed by atoms with Crippen LogP contribution >= 0.6 is 0 Å². The molecule has 2 aliphatic rings. The van der Waals surface area contributed by atoms with Gasteiger partial charge in [0.15, 0.2) is 0 Å². The third-order valence-corrected chi connectivity index (χ3v) is 4.99. The van der Waals surface area contributed by atoms with Crippen molar-refractivity contribution in [1.82, 2.24) is 5.32 Å². The Kier molecular flexibility index (Phi) is 3.76. The van der Waals surface area contributed by atoms with Crippen molar-refractivity contribution in [2.75, 3.05) is 24.5 Å². The van der Waals surface area contributed by atoms with E-state index in [1.165, 1.54) is 17.7 Å². The van der Waals surface area contributed by atoms with E-state index in [0.29, 0.717) is 11.6 Å². The number of nitrogens with zero attached hydrogens (tertiary/aromatic N) is 1. The zero-order chi connectivity index (χ0) is 16.7. The van der Waals surface area contributed by atoms with E-state index in [1.54, 1.807) is 6.07 Å². The number of anilines is 1. The second-order valence-electron chi connectivity index (χ2n) is 6.48. The van der Waals surface area contributed by atoms with Crippen molar-refractivity contribution in [1.29, 1.82) is 0 Å². The lowest BCUT2D eigenvalue weighted by Gasteiger charge is -2.26. The molecule has 4 rings (SSSR count). The topological polar surface area (TPSA) is 15.3 Å². The zero-order valence-corrected chi connectivity index (χ0v) is 13.2. The van der Waals surface area contributed by atoms with E-state index in [1.807, 2.05) is 12.1 Å². The van der Waals surface area contributed by atoms with Crippen LogP contribution in [-0.2, 0) is 12.6 Å². The van der Waals surface area contributed by atoms with Gasteiger partial charge in [0.25, 0.3) is 0 Å². The SMILES string of the molecule is FC(F)(F)c1cccc(-c2cccc3c2N2CCNCCC2C3)c1. The van der Waals surface area contributed by atoms with Crippen molar-refractivity contribution in [3.8, 4) is 11.1 Å². The molecule has 5 heteroatoms. The number of rotatable bonds is 1. The first-order valence-corrected chi connectivity index (χ1v) is 8.31. The zero-order valence-electron chi connectivity index (χ0n) is 13.2. The molecule has 0 amide bonds. The van der Waals surface area contributed by atoms with Gasteiger partial charge in [-0.15, -0.1) is 0 Å². The molecule has 24 heavy (non-hydrogen) atoms. The summed E-state index contributed by atoms with van der Waals surface area (Å²) in [5.41, 5.74) is 3.31. The largest absolute Gasteiger partial charge is 0.416 e. The highest BCUT2D eigenvalue weighted by Crippen LogP contribution is 2.42. The van der Waals surface area contributed by atoms with Crippen molar-refractivity contribution >= 4 is 5.69 Å². The number of benzene rings is 2. The molecule has 2 aromatic carbocycles. The number of halogens is 3. The molecule has 0 aromatic heterocycles. The Labute approximate surface area is 139 Å². The van der Waals surface area contributed by atoms with Gasteiger partial charge >= 0.3 is 6.18 Å². The summed E-state index contributed by atoms with van der Waals surface area (Å²) < 4.78 is 39.2. The first-order valence-electron chi connectivity index (χ1n) is 8.31. The monoisotopic (exact) mass is 332 g/mol. The fourth-order valence-electron chi connectivity index (χ4n) is 3.88. The van der Waals surface area contributed by atoms with Crippen LogP contribution in [0.3, 0.4) is 0 Å². The molecule has 2 nitrogen and oxygen atoms in total. The average Bonchev–Trinajstić information content (AvgIpc) is 2.76. The predicted molar refractivity (Wildman–Crippen MR) is 89.2 cm³/mol. The minimum atomic E-state index is -4.32. The lowest BCUT2D eigenvalue weighted by molar-refractivity contribution is -0.137. The van der Waals surface area contributed by atoms with E-state index in [-0.39, 0.29) is 0 Å². The van der Waals surface area contributed by atoms with Gasteiger partial charge in [0.2, 0.25) is 0 Å². The average molecular weight is 332 g/mol. The lowest BCUT2D eigenvalue weighted by Crippen LogP contribution is -2.33. The van der Waals surface area contributed by atoms with E-state index in [9.17, 15) is 13.2 Å². The van der Waals surface area contributed by atoms with Gasteiger partial charge in [-0.3, -0.25) is 0 Å². The predicted octanol–water partition coefficient (Wildman–Crippen LogP) is 4.10. The molecule has 1 saturated heterocycles. The van der Waals surface area contributed by atoms with E-state index in [0.717, 1.165) is 49.8 Å². The first kappa shape index (κ1) is 15.5. The number of hydrogen-bond acceptors (Lipinski definition) is 2. The Hall–Kier alpha value is -2.01. The van der Waals surface area contributed by atoms with Gasteiger partial charge in [0, 0.05) is 30.4 Å². The van der Waals surface area contributed by atoms with E-state index in [2.05, 4.69) is 16.3 Å². The van der Waals surface area contributed by atoms with Crippen LogP contribution in [0, 0.1) is 0 Å². The highest BCUT2D eigenvalue weighted by molar-refractivity contribution is 5.83. The second-order valence-corrected chi connectivity index (χ2v) is 6.48. The van der Waals surface area contributed by atoms with Crippen LogP contribution in [0.2, 0.25) is 0 Å². The summed E-state index contributed by atoms with van der Waals surface area (Å²) in [7, 11) is 0. The Morgan fingerprint density at radius 3 is 2.71 bits per heavy atom. The summed E-state index contributed by atoms with van der Waals surface area (Å²) in [4.78, 5) is 2.38. The Balaban J connectivity index is 1.80. The third-order valence-electron chi connectivity index (χ3n) is 4.99. The van der Waals surface area contributed by atoms with Crippen LogP contribution in [-0.4, -0.2) is 25.7 Å². The van der Waals surface area contributed by atoms with Crippen molar-refractivity contribution in [3.05, 3.63) is 53.6 Å². The maximum atomic E-state index is 13.1. The molecular weight excluding hydrogens is 313 g/mol. The van der Waals surface area contributed by atoms with Crippen LogP contribution in [0.4, 0.5) is 18.9 Å². The van der Waals surface area contributed by atoms with Crippen molar-refractivity contribution in [2.24, 2.45) is 0 Å². The minimum absolute atomic E-state index is 0.446. The van der Waals surface area contributed by atoms with Crippen LogP contribution < -0.4 is 10.2 Å². The molecule has 0 radical (unpaired) electrons. The standard InChI is InChI=1S/C19H19F3N2/c20-19(21,22)15-5-1-3-13(11-15)17-6-2-4-14-12-16-7-8-23-9-10-24(16)18(14)17/h1-6,11,16,23H,7-10,12H2. The van der Waals surface area contributed by atoms with Gasteiger partial charge < -0.3 is 10.2 Å². The van der Waals surface area contributed by atoms with Gasteiger partial charge in [0.1, 0.15) is 0 Å². The molecule has 0 spiro atoms. The molecule has 126 valence electrons. The smallest absolute Gasteiger partial charge is 0.366 e. The maximum absolute atomic E-state index is 13.1. The molecule has 1 fully saturated rings. The highest BCUT2D eigenvalue weighted by Gasteiger charge is 2.33. The van der Waals surface area contributed by atoms with Crippen molar-refractivity contribution in [3.63, 3.8) is 0 Å². The minimum Gasteiger partial charge on any atom is -0.366 e. The summed E-state index contributed by atoms with van der Waals surface area (Å²) in [6.07, 6.45) is -2.27. The molecular formula is C19H19F3N2. The summed E-state index contributed by atoms with van der Waals surface area (Å²) in [5.74, 6) is 0. The summed E-state index contributed by atoms with van der Waals surface area (Å²) in [6, 6.07) is 12.1. The number of nitrogens with one attached hydrogen (secondary N) is 1. The fourth-order valence-corrected chi connectivity index (χ4v) is 3.88. The van der Waals surface area contributed by atoms with Crippen LogP contribution in [0.5, 0.6) is 0 Å². The molecule has 1 N–H and O–H groups in total. The normalized spacial score (nSPS) is 20.5. The number of hydrogen-bond donors (Lipinski definition) is 1. The van der Waals surface area contributed by atoms with Crippen LogP contribution in [0.25, 0.3) is 11.1 Å². The lowest BCUT2D eigenvalue weighted by atomic mass is 9.98. The van der Waals surface area contributed by atoms with E-state index < -0.39 is 11.7 Å². The fraction of sp³-hybridized carbons (Fsp3) is 0.368. The highest BCUT2D eigenvalue weighted by atomic mass is 19.4. The van der Waals surface area contributed by atoms with Crippen LogP contribution in [0.1, 0.15) is 17.5 Å². The molecule has 0 bridgehead atoms. The summed E-state index contributed by atoms with van der Waals surface area (Å²) >= 11 is 0. The third kappa shape index (κ3) is 2.67. The van der Waals surface area contributed by atoms with Gasteiger partial charge in [-0.2, -0.15) is 13.2 Å². The molecule has 2 aliphatic heterocycles. The van der Waals surface area contributed by atoms with Gasteiger partial charge in [-0.1, -0.05) is 30.3 Å². The number of fused-ring (bicyclic) bond motifs is 3. The molecule has 2 aromatic rings. The van der Waals surface area contributed by atoms with E-state index in [4.69, 9.17) is 0 Å². The van der Waals surface area contributed by atoms with Gasteiger partial charge in [-0.25, -0.2) is 0 Å². The maximum Gasteiger partial charge on any atom is 0.416 e. The quantitative estimate of drug-likeness (QED) is 0.846. The van der Waals surface area contributed by atoms with Crippen molar-refractivity contribution in [2.45, 2.75) is 25.1 Å². The second kappa shape index (κ2) is 5.81. The molecule has 0 aliphatic carbocycles. The first-order chi connectivity index (χ1) is 11.5. The Bertz CT molecular complexity index is 755. The molecule has 1 atom stereocenters. The van der Waals surface area contributed by atoms with Crippen molar-refractivity contribution < 1.29 is 13.2 Å². The Morgan fingerprint density at radius 2 is 1.88 bits per heavy atom. The number of para-hydroxylation sites is 1. The summed E-state index contributed by atoms with van der Waals surface area (Å²) in [5, 5.41) is 3.40. The molecule has 0 saturated carbocycles. The Morgan fingerprint density at radius 1 is 1.04 bits per heavy atom. The van der Waals surface area contributed by atoms with Crippen LogP contribution in [0.15, 0.2) is 42.5 Å².